The number of nitrogens with one attached hydrogen (secondary N) is 1. The second-order valence-corrected chi connectivity index (χ2v) is 8.41. The lowest BCUT2D eigenvalue weighted by molar-refractivity contribution is -0.161. The Morgan fingerprint density at radius 1 is 1.28 bits per heavy atom. The van der Waals surface area contributed by atoms with Crippen LogP contribution in [-0.2, 0) is 14.3 Å². The molecule has 1 aromatic rings. The SMILES string of the molecule is COC(=O)[C@@H]1C=CCN1C(=O)[C@@H]1C[C@@H]2CC[C@@H]1C[C@@]21NC(=O)c2ccccc2O1. The van der Waals surface area contributed by atoms with E-state index in [4.69, 9.17) is 9.47 Å². The van der Waals surface area contributed by atoms with Gasteiger partial charge in [-0.25, -0.2) is 4.79 Å². The summed E-state index contributed by atoms with van der Waals surface area (Å²) in [5, 5.41) is 3.11. The van der Waals surface area contributed by atoms with Crippen molar-refractivity contribution in [3.63, 3.8) is 0 Å². The highest BCUT2D eigenvalue weighted by molar-refractivity contribution is 5.98. The summed E-state index contributed by atoms with van der Waals surface area (Å²) in [5.41, 5.74) is -0.188. The summed E-state index contributed by atoms with van der Waals surface area (Å²) in [6.45, 7) is 0.429. The Morgan fingerprint density at radius 3 is 2.86 bits per heavy atom. The van der Waals surface area contributed by atoms with Gasteiger partial charge in [0, 0.05) is 24.8 Å². The summed E-state index contributed by atoms with van der Waals surface area (Å²) in [6.07, 6.45) is 6.66. The predicted octanol–water partition coefficient (Wildman–Crippen LogP) is 1.88. The van der Waals surface area contributed by atoms with Crippen LogP contribution in [0.4, 0.5) is 0 Å². The molecule has 152 valence electrons. The summed E-state index contributed by atoms with van der Waals surface area (Å²) >= 11 is 0. The number of carbonyl (C=O) groups is 3. The second-order valence-electron chi connectivity index (χ2n) is 8.41. The van der Waals surface area contributed by atoms with Gasteiger partial charge in [-0.3, -0.25) is 9.59 Å². The van der Waals surface area contributed by atoms with E-state index in [1.807, 2.05) is 24.3 Å². The van der Waals surface area contributed by atoms with Gasteiger partial charge in [0.15, 0.2) is 5.72 Å². The van der Waals surface area contributed by atoms with Crippen LogP contribution in [0.25, 0.3) is 0 Å². The van der Waals surface area contributed by atoms with E-state index in [1.54, 1.807) is 17.0 Å². The standard InChI is InChI=1S/C22H24N2O5/c1-28-21(27)17-6-4-10-24(17)20(26)16-11-14-9-8-13(16)12-22(14)23-19(25)15-5-2-3-7-18(15)29-22/h2-7,13-14,16-17H,8-12H2,1H3,(H,23,25)/t13-,14+,16-,17+,22+/m1/s1. The molecule has 1 N–H and O–H groups in total. The fourth-order valence-corrected chi connectivity index (χ4v) is 5.55. The van der Waals surface area contributed by atoms with Crippen LogP contribution in [0.5, 0.6) is 5.75 Å². The number of rotatable bonds is 2. The smallest absolute Gasteiger partial charge is 0.332 e. The zero-order chi connectivity index (χ0) is 20.2. The summed E-state index contributed by atoms with van der Waals surface area (Å²) in [5.74, 6) is 0.0893. The van der Waals surface area contributed by atoms with Crippen LogP contribution >= 0.6 is 0 Å². The van der Waals surface area contributed by atoms with Crippen molar-refractivity contribution in [3.8, 4) is 5.75 Å². The normalized spacial score (nSPS) is 34.5. The molecule has 1 aromatic carbocycles. The largest absolute Gasteiger partial charge is 0.467 e. The number of methoxy groups -OCH3 is 1. The minimum Gasteiger partial charge on any atom is -0.467 e. The van der Waals surface area contributed by atoms with E-state index >= 15 is 0 Å². The van der Waals surface area contributed by atoms with Gasteiger partial charge in [-0.15, -0.1) is 0 Å². The van der Waals surface area contributed by atoms with Gasteiger partial charge in [-0.05, 0) is 37.3 Å². The van der Waals surface area contributed by atoms with Crippen molar-refractivity contribution in [3.05, 3.63) is 42.0 Å². The van der Waals surface area contributed by atoms with Gasteiger partial charge in [0.1, 0.15) is 11.8 Å². The predicted molar refractivity (Wildman–Crippen MR) is 103 cm³/mol. The first-order valence-corrected chi connectivity index (χ1v) is 10.2. The van der Waals surface area contributed by atoms with Crippen LogP contribution in [0.1, 0.15) is 36.0 Å². The Morgan fingerprint density at radius 2 is 2.10 bits per heavy atom. The maximum Gasteiger partial charge on any atom is 0.332 e. The molecule has 0 radical (unpaired) electrons. The third-order valence-electron chi connectivity index (χ3n) is 6.97. The van der Waals surface area contributed by atoms with Crippen LogP contribution in [0, 0.1) is 17.8 Å². The van der Waals surface area contributed by atoms with Crippen molar-refractivity contribution in [1.82, 2.24) is 10.2 Å². The van der Waals surface area contributed by atoms with Crippen molar-refractivity contribution in [2.24, 2.45) is 17.8 Å². The van der Waals surface area contributed by atoms with Crippen molar-refractivity contribution in [2.45, 2.75) is 37.5 Å². The average molecular weight is 396 g/mol. The van der Waals surface area contributed by atoms with E-state index < -0.39 is 17.7 Å². The van der Waals surface area contributed by atoms with Crippen LogP contribution in [-0.4, -0.2) is 48.1 Å². The van der Waals surface area contributed by atoms with Gasteiger partial charge in [-0.1, -0.05) is 24.3 Å². The molecule has 3 saturated carbocycles. The van der Waals surface area contributed by atoms with Crippen molar-refractivity contribution in [1.29, 1.82) is 0 Å². The number of nitrogens with zero attached hydrogens (tertiary/aromatic N) is 1. The third-order valence-corrected chi connectivity index (χ3v) is 6.97. The van der Waals surface area contributed by atoms with Crippen LogP contribution in [0.2, 0.25) is 0 Å². The van der Waals surface area contributed by atoms with Gasteiger partial charge in [-0.2, -0.15) is 0 Å². The molecule has 0 saturated heterocycles. The summed E-state index contributed by atoms with van der Waals surface area (Å²) in [4.78, 5) is 39.6. The first kappa shape index (κ1) is 18.2. The van der Waals surface area contributed by atoms with E-state index in [0.29, 0.717) is 30.7 Å². The lowest BCUT2D eigenvalue weighted by Crippen LogP contribution is -2.67. The van der Waals surface area contributed by atoms with Gasteiger partial charge in [0.2, 0.25) is 5.91 Å². The number of esters is 1. The number of hydrogen-bond acceptors (Lipinski definition) is 5. The summed E-state index contributed by atoms with van der Waals surface area (Å²) < 4.78 is 11.2. The minimum atomic E-state index is -0.740. The molecule has 2 bridgehead atoms. The second kappa shape index (κ2) is 6.61. The molecule has 5 aliphatic rings. The Labute approximate surface area is 169 Å². The highest BCUT2D eigenvalue weighted by Gasteiger charge is 2.57. The molecule has 2 amide bonds. The highest BCUT2D eigenvalue weighted by Crippen LogP contribution is 2.53. The molecule has 3 fully saturated rings. The Kier molecular flexibility index (Phi) is 4.15. The zero-order valence-corrected chi connectivity index (χ0v) is 16.3. The van der Waals surface area contributed by atoms with E-state index in [1.165, 1.54) is 7.11 Å². The van der Waals surface area contributed by atoms with E-state index in [2.05, 4.69) is 5.32 Å². The number of amides is 2. The molecule has 2 heterocycles. The summed E-state index contributed by atoms with van der Waals surface area (Å²) in [6, 6.07) is 6.64. The quantitative estimate of drug-likeness (QED) is 0.610. The molecular formula is C22H24N2O5. The first-order chi connectivity index (χ1) is 14.0. The molecule has 2 aliphatic heterocycles. The van der Waals surface area contributed by atoms with E-state index in [-0.39, 0.29) is 29.6 Å². The number of fused-ring (bicyclic) bond motifs is 3. The number of ether oxygens (including phenoxy) is 2. The van der Waals surface area contributed by atoms with Crippen LogP contribution in [0.3, 0.4) is 0 Å². The van der Waals surface area contributed by atoms with Gasteiger partial charge >= 0.3 is 5.97 Å². The van der Waals surface area contributed by atoms with Gasteiger partial charge in [0.05, 0.1) is 12.7 Å². The maximum atomic E-state index is 13.3. The Bertz CT molecular complexity index is 912. The Balaban J connectivity index is 1.37. The van der Waals surface area contributed by atoms with Crippen LogP contribution < -0.4 is 10.1 Å². The van der Waals surface area contributed by atoms with E-state index in [9.17, 15) is 14.4 Å². The fraction of sp³-hybridized carbons (Fsp3) is 0.500. The fourth-order valence-electron chi connectivity index (χ4n) is 5.55. The van der Waals surface area contributed by atoms with E-state index in [0.717, 1.165) is 12.8 Å². The topological polar surface area (TPSA) is 84.9 Å². The molecule has 0 aromatic heterocycles. The lowest BCUT2D eigenvalue weighted by Gasteiger charge is -2.55. The van der Waals surface area contributed by atoms with Crippen LogP contribution in [0.15, 0.2) is 36.4 Å². The molecular weight excluding hydrogens is 372 g/mol. The molecule has 3 aliphatic carbocycles. The molecule has 7 heteroatoms. The first-order valence-electron chi connectivity index (χ1n) is 10.2. The molecule has 29 heavy (non-hydrogen) atoms. The molecule has 1 spiro atoms. The number of carbonyl (C=O) groups excluding carboxylic acids is 3. The zero-order valence-electron chi connectivity index (χ0n) is 16.3. The summed E-state index contributed by atoms with van der Waals surface area (Å²) in [7, 11) is 1.34. The van der Waals surface area contributed by atoms with Gasteiger partial charge in [0.25, 0.3) is 5.91 Å². The van der Waals surface area contributed by atoms with Crippen molar-refractivity contribution < 1.29 is 23.9 Å². The number of hydrogen-bond donors (Lipinski definition) is 1. The third kappa shape index (κ3) is 2.74. The molecule has 5 atom stereocenters. The van der Waals surface area contributed by atoms with Crippen molar-refractivity contribution in [2.75, 3.05) is 13.7 Å². The molecule has 0 unspecified atom stereocenters. The van der Waals surface area contributed by atoms with Crippen molar-refractivity contribution >= 4 is 17.8 Å². The average Bonchev–Trinajstić information content (AvgIpc) is 3.23. The minimum absolute atomic E-state index is 0.00233. The number of benzene rings is 1. The Hall–Kier alpha value is -2.83. The number of para-hydroxylation sites is 1. The van der Waals surface area contributed by atoms with Gasteiger partial charge < -0.3 is 19.7 Å². The maximum absolute atomic E-state index is 13.3. The lowest BCUT2D eigenvalue weighted by atomic mass is 9.59. The monoisotopic (exact) mass is 396 g/mol. The molecule has 7 nitrogen and oxygen atoms in total. The highest BCUT2D eigenvalue weighted by atomic mass is 16.5. The molecule has 6 rings (SSSR count).